The molecule has 0 saturated carbocycles. The summed E-state index contributed by atoms with van der Waals surface area (Å²) in [7, 11) is 1.63. The number of aromatic nitrogens is 1. The Morgan fingerprint density at radius 3 is 2.36 bits per heavy atom. The molecule has 3 atom stereocenters. The molecule has 3 aliphatic heterocycles. The van der Waals surface area contributed by atoms with Gasteiger partial charge in [-0.3, -0.25) is 9.69 Å². The van der Waals surface area contributed by atoms with Gasteiger partial charge in [0, 0.05) is 24.5 Å². The van der Waals surface area contributed by atoms with Gasteiger partial charge in [-0.25, -0.2) is 4.79 Å². The van der Waals surface area contributed by atoms with E-state index < -0.39 is 18.2 Å². The Hall–Kier alpha value is -4.58. The second kappa shape index (κ2) is 18.4. The Labute approximate surface area is 311 Å². The van der Waals surface area contributed by atoms with Crippen LogP contribution < -0.4 is 20.3 Å². The van der Waals surface area contributed by atoms with Crippen LogP contribution in [0.3, 0.4) is 0 Å². The molecule has 1 aromatic heterocycles. The first-order valence-electron chi connectivity index (χ1n) is 19.2. The average Bonchev–Trinajstić information content (AvgIpc) is 3.18. The number of aromatic amines is 1. The summed E-state index contributed by atoms with van der Waals surface area (Å²) >= 11 is 0. The highest BCUT2D eigenvalue weighted by Crippen LogP contribution is 2.40. The zero-order chi connectivity index (χ0) is 37.2. The maximum absolute atomic E-state index is 13.0. The largest absolute Gasteiger partial charge is 0.506 e. The third-order valence-electron chi connectivity index (χ3n) is 11.0. The Morgan fingerprint density at radius 1 is 0.925 bits per heavy atom. The number of piperidine rings is 3. The van der Waals surface area contributed by atoms with Gasteiger partial charge in [0.1, 0.15) is 5.75 Å². The van der Waals surface area contributed by atoms with Crippen molar-refractivity contribution in [2.45, 2.75) is 76.0 Å². The molecule has 11 nitrogen and oxygen atoms in total. The molecule has 5 N–H and O–H groups in total. The number of H-pyrrole nitrogens is 1. The molecular weight excluding hydrogens is 672 g/mol. The number of carboxylic acid groups (broad SMARTS) is 1. The third-order valence-corrected chi connectivity index (χ3v) is 11.0. The van der Waals surface area contributed by atoms with Crippen molar-refractivity contribution in [2.75, 3.05) is 46.4 Å². The lowest BCUT2D eigenvalue weighted by molar-refractivity contribution is -0.000817. The summed E-state index contributed by atoms with van der Waals surface area (Å²) in [6.07, 6.45) is 7.88. The molecule has 1 unspecified atom stereocenters. The van der Waals surface area contributed by atoms with Gasteiger partial charge in [0.05, 0.1) is 37.4 Å². The van der Waals surface area contributed by atoms with Crippen LogP contribution in [0.4, 0.5) is 4.79 Å². The van der Waals surface area contributed by atoms with Crippen LogP contribution in [0.25, 0.3) is 10.9 Å². The fourth-order valence-corrected chi connectivity index (χ4v) is 8.13. The summed E-state index contributed by atoms with van der Waals surface area (Å²) < 4.78 is 12.0. The molecule has 0 spiro atoms. The summed E-state index contributed by atoms with van der Waals surface area (Å²) in [6.45, 7) is 4.60. The number of amides is 1. The van der Waals surface area contributed by atoms with E-state index in [0.717, 1.165) is 95.1 Å². The van der Waals surface area contributed by atoms with Crippen molar-refractivity contribution in [3.63, 3.8) is 0 Å². The number of aliphatic hydroxyl groups is 1. The monoisotopic (exact) mass is 726 g/mol. The van der Waals surface area contributed by atoms with Gasteiger partial charge in [0.15, 0.2) is 11.5 Å². The minimum Gasteiger partial charge on any atom is -0.506 e. The number of aromatic hydroxyl groups is 1. The number of phenolic OH excluding ortho intramolecular Hbond substituents is 1. The van der Waals surface area contributed by atoms with E-state index in [1.54, 1.807) is 24.1 Å². The summed E-state index contributed by atoms with van der Waals surface area (Å²) in [5, 5.41) is 35.4. The Kier molecular flexibility index (Phi) is 13.3. The third kappa shape index (κ3) is 9.51. The number of fused-ring (bicyclic) bond motifs is 4. The molecule has 2 bridgehead atoms. The fraction of sp³-hybridized carbons (Fsp3) is 0.476. The Morgan fingerprint density at radius 2 is 1.66 bits per heavy atom. The van der Waals surface area contributed by atoms with E-state index in [2.05, 4.69) is 15.2 Å². The molecule has 284 valence electrons. The van der Waals surface area contributed by atoms with Crippen molar-refractivity contribution < 1.29 is 29.6 Å². The van der Waals surface area contributed by atoms with Crippen molar-refractivity contribution in [3.05, 3.63) is 99.8 Å². The van der Waals surface area contributed by atoms with Crippen LogP contribution >= 0.6 is 0 Å². The molecule has 3 aromatic carbocycles. The van der Waals surface area contributed by atoms with Gasteiger partial charge in [0.25, 0.3) is 0 Å². The maximum atomic E-state index is 13.0. The summed E-state index contributed by atoms with van der Waals surface area (Å²) in [6, 6.07) is 21.5. The number of nitrogens with zero attached hydrogens (tertiary/aromatic N) is 2. The Balaban J connectivity index is 0.938. The highest BCUT2D eigenvalue weighted by atomic mass is 16.5. The average molecular weight is 727 g/mol. The Bertz CT molecular complexity index is 1840. The van der Waals surface area contributed by atoms with Gasteiger partial charge in [-0.2, -0.15) is 0 Å². The highest BCUT2D eigenvalue weighted by Gasteiger charge is 2.43. The van der Waals surface area contributed by atoms with Crippen molar-refractivity contribution in [1.29, 1.82) is 0 Å². The van der Waals surface area contributed by atoms with Crippen LogP contribution in [-0.4, -0.2) is 88.7 Å². The van der Waals surface area contributed by atoms with Crippen LogP contribution in [0.2, 0.25) is 0 Å². The molecule has 4 aromatic rings. The molecule has 0 radical (unpaired) electrons. The van der Waals surface area contributed by atoms with Gasteiger partial charge in [-0.1, -0.05) is 74.6 Å². The molecule has 7 rings (SSSR count). The lowest BCUT2D eigenvalue weighted by Gasteiger charge is -2.50. The molecule has 3 fully saturated rings. The molecule has 11 heteroatoms. The number of nitrogens with one attached hydrogen (secondary N) is 2. The van der Waals surface area contributed by atoms with Crippen LogP contribution in [0.1, 0.15) is 86.6 Å². The van der Waals surface area contributed by atoms with Crippen molar-refractivity contribution in [3.8, 4) is 17.2 Å². The number of hydrogen-bond acceptors (Lipinski definition) is 8. The van der Waals surface area contributed by atoms with Crippen molar-refractivity contribution in [2.24, 2.45) is 5.92 Å². The number of pyridine rings is 1. The SMILES string of the molecule is COc1ccc([C@@H](c2ccccc2)N(C(=O)O)C2CN3CCC2CC3)cc1OCCCCCCCCCNC[C@H](O)c1ccc(O)c2[nH]c(=O)ccc12. The quantitative estimate of drug-likeness (QED) is 0.0656. The van der Waals surface area contributed by atoms with Crippen LogP contribution in [0.15, 0.2) is 77.6 Å². The lowest BCUT2D eigenvalue weighted by Crippen LogP contribution is -2.59. The number of aliphatic hydroxyl groups excluding tert-OH is 1. The number of hydrogen-bond donors (Lipinski definition) is 5. The van der Waals surface area contributed by atoms with Gasteiger partial charge in [-0.05, 0) is 92.2 Å². The molecule has 1 amide bonds. The number of benzene rings is 3. The first-order valence-corrected chi connectivity index (χ1v) is 19.2. The summed E-state index contributed by atoms with van der Waals surface area (Å²) in [5.41, 5.74) is 2.52. The number of ether oxygens (including phenoxy) is 2. The minimum atomic E-state index is -0.897. The van der Waals surface area contributed by atoms with Gasteiger partial charge >= 0.3 is 6.09 Å². The normalized spacial score (nSPS) is 19.2. The van der Waals surface area contributed by atoms with Crippen molar-refractivity contribution in [1.82, 2.24) is 20.1 Å². The highest BCUT2D eigenvalue weighted by molar-refractivity contribution is 5.87. The van der Waals surface area contributed by atoms with Crippen LogP contribution in [0, 0.1) is 5.92 Å². The minimum absolute atomic E-state index is 0.0163. The maximum Gasteiger partial charge on any atom is 0.408 e. The van der Waals surface area contributed by atoms with E-state index in [1.807, 2.05) is 48.5 Å². The predicted octanol–water partition coefficient (Wildman–Crippen LogP) is 6.84. The fourth-order valence-electron chi connectivity index (χ4n) is 8.13. The zero-order valence-electron chi connectivity index (χ0n) is 30.7. The van der Waals surface area contributed by atoms with E-state index in [-0.39, 0.29) is 17.4 Å². The van der Waals surface area contributed by atoms with E-state index in [4.69, 9.17) is 9.47 Å². The lowest BCUT2D eigenvalue weighted by atomic mass is 9.81. The number of unbranched alkanes of at least 4 members (excludes halogenated alkanes) is 6. The number of methoxy groups -OCH3 is 1. The first-order chi connectivity index (χ1) is 25.8. The van der Waals surface area contributed by atoms with Crippen molar-refractivity contribution >= 4 is 17.0 Å². The van der Waals surface area contributed by atoms with Gasteiger partial charge in [-0.15, -0.1) is 0 Å². The van der Waals surface area contributed by atoms with E-state index >= 15 is 0 Å². The predicted molar refractivity (Wildman–Crippen MR) is 206 cm³/mol. The summed E-state index contributed by atoms with van der Waals surface area (Å²) in [5.74, 6) is 1.62. The second-order valence-corrected chi connectivity index (χ2v) is 14.4. The topological polar surface area (TPSA) is 148 Å². The molecule has 3 aliphatic rings. The summed E-state index contributed by atoms with van der Waals surface area (Å²) in [4.78, 5) is 31.4. The number of rotatable bonds is 19. The number of phenols is 1. The van der Waals surface area contributed by atoms with E-state index in [1.165, 1.54) is 12.1 Å². The molecule has 0 aliphatic carbocycles. The number of carbonyl (C=O) groups is 1. The zero-order valence-corrected chi connectivity index (χ0v) is 30.7. The van der Waals surface area contributed by atoms with Crippen LogP contribution in [0.5, 0.6) is 17.2 Å². The van der Waals surface area contributed by atoms with Gasteiger partial charge in [0.2, 0.25) is 5.56 Å². The standard InChI is InChI=1S/C42H54N4O7/c1-52-37-18-14-31(41(30-12-8-7-9-13-30)46(42(50)51)34-28-45-23-20-29(34)21-24-45)26-38(37)53-25-11-6-4-2-3-5-10-22-43-27-36(48)32-15-17-35(47)40-33(32)16-19-39(49)44-40/h7-9,12-19,26,29,34,36,41,43,47-48H,2-6,10-11,20-25,27-28H2,1H3,(H,44,49)(H,50,51)/t34?,36-,41+/m0/s1. The first kappa shape index (κ1) is 38.2. The molecular formula is C42H54N4O7. The van der Waals surface area contributed by atoms with E-state index in [9.17, 15) is 24.9 Å². The molecule has 3 saturated heterocycles. The smallest absolute Gasteiger partial charge is 0.408 e. The second-order valence-electron chi connectivity index (χ2n) is 14.4. The molecule has 53 heavy (non-hydrogen) atoms. The molecule has 4 heterocycles. The van der Waals surface area contributed by atoms with E-state index in [0.29, 0.717) is 47.0 Å². The van der Waals surface area contributed by atoms with Crippen LogP contribution in [-0.2, 0) is 0 Å². The van der Waals surface area contributed by atoms with Gasteiger partial charge < -0.3 is 40.0 Å².